The van der Waals surface area contributed by atoms with Crippen LogP contribution in [-0.4, -0.2) is 30.0 Å². The van der Waals surface area contributed by atoms with Gasteiger partial charge < -0.3 is 19.3 Å². The van der Waals surface area contributed by atoms with E-state index in [-0.39, 0.29) is 6.79 Å². The van der Waals surface area contributed by atoms with Crippen LogP contribution in [0.3, 0.4) is 0 Å². The fourth-order valence-electron chi connectivity index (χ4n) is 3.88. The lowest BCUT2D eigenvalue weighted by Crippen LogP contribution is -2.43. The first kappa shape index (κ1) is 23.8. The summed E-state index contributed by atoms with van der Waals surface area (Å²) < 4.78 is 16.0. The Balaban J connectivity index is 1.29. The quantitative estimate of drug-likeness (QED) is 0.174. The third kappa shape index (κ3) is 5.05. The van der Waals surface area contributed by atoms with E-state index in [1.807, 2.05) is 0 Å². The minimum Gasteiger partial charge on any atom is -0.454 e. The number of hydrogen-bond donors (Lipinski definition) is 2. The number of carbonyl (C=O) groups excluding carboxylic acids is 2. The third-order valence-corrected chi connectivity index (χ3v) is 5.77. The normalized spacial score (nSPS) is 12.4. The fraction of sp³-hybridized carbons (Fsp3) is 0.0690. The predicted molar refractivity (Wildman–Crippen MR) is 136 cm³/mol. The number of benzene rings is 4. The number of hydrogen-bond acceptors (Lipinski definition) is 7. The molecule has 8 nitrogen and oxygen atoms in total. The van der Waals surface area contributed by atoms with Crippen molar-refractivity contribution in [1.29, 1.82) is 0 Å². The lowest BCUT2D eigenvalue weighted by atomic mass is 9.85. The summed E-state index contributed by atoms with van der Waals surface area (Å²) >= 11 is 0. The molecule has 5 rings (SSSR count). The van der Waals surface area contributed by atoms with Gasteiger partial charge in [-0.15, -0.1) is 0 Å². The second-order valence-electron chi connectivity index (χ2n) is 8.17. The first-order valence-electron chi connectivity index (χ1n) is 11.4. The Hall–Kier alpha value is -4.95. The second kappa shape index (κ2) is 10.3. The fourth-order valence-corrected chi connectivity index (χ4v) is 3.88. The van der Waals surface area contributed by atoms with Crippen molar-refractivity contribution in [3.63, 3.8) is 0 Å². The largest absolute Gasteiger partial charge is 0.454 e. The predicted octanol–water partition coefficient (Wildman–Crippen LogP) is 4.02. The molecular formula is C29H22N2O6. The molecule has 0 aromatic heterocycles. The van der Waals surface area contributed by atoms with Gasteiger partial charge in [-0.3, -0.25) is 4.79 Å². The zero-order valence-corrected chi connectivity index (χ0v) is 19.5. The van der Waals surface area contributed by atoms with Crippen molar-refractivity contribution in [1.82, 2.24) is 5.43 Å². The summed E-state index contributed by atoms with van der Waals surface area (Å²) in [5.41, 5.74) is 2.19. The Kier molecular flexibility index (Phi) is 6.65. The Morgan fingerprint density at radius 2 is 1.51 bits per heavy atom. The maximum absolute atomic E-state index is 13.1. The Morgan fingerprint density at radius 3 is 2.22 bits per heavy atom. The Labute approximate surface area is 212 Å². The number of hydrazone groups is 1. The molecule has 1 heterocycles. The SMILES string of the molecule is O=C(Oc1cccc(C=NNC(=O)C(O)(c2ccccc2)c2ccccc2)c1)c1ccc2c(c1)OCO2. The standard InChI is InChI=1S/C29H22N2O6/c32-27(21-14-15-25-26(17-21)36-19-35-25)37-24-13-7-8-20(16-24)18-30-31-28(33)29(34,22-9-3-1-4-10-22)23-11-5-2-6-12-23/h1-18,34H,19H2,(H,31,33). The number of amides is 1. The first-order valence-corrected chi connectivity index (χ1v) is 11.4. The summed E-state index contributed by atoms with van der Waals surface area (Å²) in [6.07, 6.45) is 1.40. The van der Waals surface area contributed by atoms with E-state index in [0.29, 0.717) is 39.5 Å². The average molecular weight is 495 g/mol. The highest BCUT2D eigenvalue weighted by atomic mass is 16.7. The molecule has 8 heteroatoms. The van der Waals surface area contributed by atoms with Crippen LogP contribution in [0.25, 0.3) is 0 Å². The molecule has 4 aromatic carbocycles. The number of nitrogens with zero attached hydrogens (tertiary/aromatic N) is 1. The first-order chi connectivity index (χ1) is 18.0. The van der Waals surface area contributed by atoms with Crippen molar-refractivity contribution < 1.29 is 28.9 Å². The van der Waals surface area contributed by atoms with Gasteiger partial charge in [0.2, 0.25) is 6.79 Å². The molecule has 184 valence electrons. The van der Waals surface area contributed by atoms with Crippen LogP contribution in [0.1, 0.15) is 27.0 Å². The minimum atomic E-state index is -1.94. The molecule has 0 fully saturated rings. The van der Waals surface area contributed by atoms with Gasteiger partial charge in [0.05, 0.1) is 11.8 Å². The maximum Gasteiger partial charge on any atom is 0.343 e. The molecule has 0 aliphatic carbocycles. The molecule has 0 bridgehead atoms. The van der Waals surface area contributed by atoms with Crippen molar-refractivity contribution in [3.05, 3.63) is 125 Å². The van der Waals surface area contributed by atoms with Crippen LogP contribution in [0.15, 0.2) is 108 Å². The molecule has 0 atom stereocenters. The molecule has 37 heavy (non-hydrogen) atoms. The zero-order chi connectivity index (χ0) is 25.7. The van der Waals surface area contributed by atoms with E-state index in [2.05, 4.69) is 10.5 Å². The molecule has 0 saturated carbocycles. The molecule has 1 amide bonds. The van der Waals surface area contributed by atoms with Crippen LogP contribution in [0.4, 0.5) is 0 Å². The van der Waals surface area contributed by atoms with Gasteiger partial charge in [-0.1, -0.05) is 72.8 Å². The van der Waals surface area contributed by atoms with E-state index in [9.17, 15) is 14.7 Å². The van der Waals surface area contributed by atoms with E-state index in [0.717, 1.165) is 0 Å². The van der Waals surface area contributed by atoms with Gasteiger partial charge in [-0.05, 0) is 47.0 Å². The summed E-state index contributed by atoms with van der Waals surface area (Å²) in [6.45, 7) is 0.111. The molecule has 0 unspecified atom stereocenters. The summed E-state index contributed by atoms with van der Waals surface area (Å²) in [6, 6.07) is 28.7. The molecule has 1 aliphatic rings. The van der Waals surface area contributed by atoms with Gasteiger partial charge in [0.1, 0.15) is 5.75 Å². The van der Waals surface area contributed by atoms with E-state index in [1.165, 1.54) is 6.21 Å². The monoisotopic (exact) mass is 494 g/mol. The lowest BCUT2D eigenvalue weighted by Gasteiger charge is -2.27. The lowest BCUT2D eigenvalue weighted by molar-refractivity contribution is -0.136. The van der Waals surface area contributed by atoms with Crippen molar-refractivity contribution in [3.8, 4) is 17.2 Å². The van der Waals surface area contributed by atoms with Gasteiger partial charge in [-0.2, -0.15) is 5.10 Å². The van der Waals surface area contributed by atoms with Crippen LogP contribution >= 0.6 is 0 Å². The van der Waals surface area contributed by atoms with Crippen LogP contribution in [0, 0.1) is 0 Å². The van der Waals surface area contributed by atoms with Gasteiger partial charge in [0.15, 0.2) is 17.1 Å². The minimum absolute atomic E-state index is 0.111. The van der Waals surface area contributed by atoms with Crippen LogP contribution < -0.4 is 19.6 Å². The smallest absolute Gasteiger partial charge is 0.343 e. The van der Waals surface area contributed by atoms with E-state index >= 15 is 0 Å². The van der Waals surface area contributed by atoms with Crippen LogP contribution in [0.2, 0.25) is 0 Å². The molecule has 2 N–H and O–H groups in total. The van der Waals surface area contributed by atoms with Crippen molar-refractivity contribution >= 4 is 18.1 Å². The number of aliphatic hydroxyl groups is 1. The maximum atomic E-state index is 13.1. The summed E-state index contributed by atoms with van der Waals surface area (Å²) in [7, 11) is 0. The summed E-state index contributed by atoms with van der Waals surface area (Å²) in [5, 5.41) is 15.5. The summed E-state index contributed by atoms with van der Waals surface area (Å²) in [4.78, 5) is 25.7. The summed E-state index contributed by atoms with van der Waals surface area (Å²) in [5.74, 6) is 0.0753. The zero-order valence-electron chi connectivity index (χ0n) is 19.5. The van der Waals surface area contributed by atoms with Gasteiger partial charge in [-0.25, -0.2) is 10.2 Å². The topological polar surface area (TPSA) is 106 Å². The number of nitrogens with one attached hydrogen (secondary N) is 1. The van der Waals surface area contributed by atoms with E-state index in [4.69, 9.17) is 14.2 Å². The number of ether oxygens (including phenoxy) is 3. The molecule has 0 spiro atoms. The van der Waals surface area contributed by atoms with E-state index in [1.54, 1.807) is 103 Å². The third-order valence-electron chi connectivity index (χ3n) is 5.77. The van der Waals surface area contributed by atoms with Crippen molar-refractivity contribution in [2.24, 2.45) is 5.10 Å². The highest BCUT2D eigenvalue weighted by Crippen LogP contribution is 2.33. The van der Waals surface area contributed by atoms with Crippen LogP contribution in [-0.2, 0) is 10.4 Å². The van der Waals surface area contributed by atoms with Crippen molar-refractivity contribution in [2.75, 3.05) is 6.79 Å². The molecule has 4 aromatic rings. The van der Waals surface area contributed by atoms with Crippen LogP contribution in [0.5, 0.6) is 17.2 Å². The highest BCUT2D eigenvalue weighted by Gasteiger charge is 2.39. The van der Waals surface area contributed by atoms with Gasteiger partial charge >= 0.3 is 5.97 Å². The highest BCUT2D eigenvalue weighted by molar-refractivity contribution is 5.93. The molecular weight excluding hydrogens is 472 g/mol. The van der Waals surface area contributed by atoms with Gasteiger partial charge in [0, 0.05) is 0 Å². The number of carbonyl (C=O) groups is 2. The second-order valence-corrected chi connectivity index (χ2v) is 8.17. The number of fused-ring (bicyclic) bond motifs is 1. The molecule has 1 aliphatic heterocycles. The van der Waals surface area contributed by atoms with E-state index < -0.39 is 17.5 Å². The molecule has 0 saturated heterocycles. The number of rotatable bonds is 7. The molecule has 0 radical (unpaired) electrons. The van der Waals surface area contributed by atoms with Gasteiger partial charge in [0.25, 0.3) is 5.91 Å². The Morgan fingerprint density at radius 1 is 0.838 bits per heavy atom. The Bertz CT molecular complexity index is 1410. The average Bonchev–Trinajstić information content (AvgIpc) is 3.42. The van der Waals surface area contributed by atoms with Crippen molar-refractivity contribution in [2.45, 2.75) is 5.60 Å². The number of esters is 1.